The molecule has 1 aliphatic rings. The highest BCUT2D eigenvalue weighted by atomic mass is 16.4. The molecule has 2 amide bonds. The Kier molecular flexibility index (Phi) is 4.68. The van der Waals surface area contributed by atoms with E-state index in [4.69, 9.17) is 5.11 Å². The van der Waals surface area contributed by atoms with Crippen molar-refractivity contribution in [2.24, 2.45) is 5.92 Å². The van der Waals surface area contributed by atoms with E-state index in [1.165, 1.54) is 6.08 Å². The second kappa shape index (κ2) is 6.03. The molecule has 94 valence electrons. The summed E-state index contributed by atoms with van der Waals surface area (Å²) in [6.07, 6.45) is 2.39. The fraction of sp³-hybridized carbons (Fsp3) is 0.545. The Morgan fingerprint density at radius 3 is 2.82 bits per heavy atom. The Morgan fingerprint density at radius 1 is 1.65 bits per heavy atom. The Hall–Kier alpha value is -1.85. The van der Waals surface area contributed by atoms with Crippen LogP contribution in [0.5, 0.6) is 0 Å². The Bertz CT molecular complexity index is 330. The standard InChI is InChI=1S/C11H16N2O4/c1-2-3-8(11(16)17)13-10(15)7-4-5-9(14)12-6-7/h2,7-8H,1,3-6H2,(H,12,14)(H,13,15)(H,16,17). The number of rotatable bonds is 5. The number of hydrogen-bond donors (Lipinski definition) is 3. The number of aliphatic carboxylic acids is 1. The van der Waals surface area contributed by atoms with Crippen LogP contribution in [0.3, 0.4) is 0 Å². The molecule has 0 saturated carbocycles. The molecular formula is C11H16N2O4. The topological polar surface area (TPSA) is 95.5 Å². The first-order valence-electron chi connectivity index (χ1n) is 5.45. The average molecular weight is 240 g/mol. The molecule has 1 fully saturated rings. The molecule has 0 aromatic carbocycles. The van der Waals surface area contributed by atoms with Gasteiger partial charge in [-0.05, 0) is 12.8 Å². The monoisotopic (exact) mass is 240 g/mol. The minimum atomic E-state index is -1.09. The molecule has 6 nitrogen and oxygen atoms in total. The van der Waals surface area contributed by atoms with Gasteiger partial charge in [0.05, 0.1) is 5.92 Å². The summed E-state index contributed by atoms with van der Waals surface area (Å²) in [6.45, 7) is 3.71. The summed E-state index contributed by atoms with van der Waals surface area (Å²) < 4.78 is 0. The predicted molar refractivity (Wildman–Crippen MR) is 60.1 cm³/mol. The number of carbonyl (C=O) groups is 3. The van der Waals surface area contributed by atoms with Gasteiger partial charge >= 0.3 is 5.97 Å². The number of carboxylic acids is 1. The summed E-state index contributed by atoms with van der Waals surface area (Å²) in [6, 6.07) is -0.947. The zero-order valence-electron chi connectivity index (χ0n) is 9.44. The maximum atomic E-state index is 11.7. The van der Waals surface area contributed by atoms with E-state index in [1.54, 1.807) is 0 Å². The lowest BCUT2D eigenvalue weighted by atomic mass is 9.98. The van der Waals surface area contributed by atoms with Gasteiger partial charge in [-0.1, -0.05) is 6.08 Å². The molecule has 2 unspecified atom stereocenters. The lowest BCUT2D eigenvalue weighted by Gasteiger charge is -2.23. The van der Waals surface area contributed by atoms with Gasteiger partial charge in [0.25, 0.3) is 0 Å². The summed E-state index contributed by atoms with van der Waals surface area (Å²) in [5.41, 5.74) is 0. The van der Waals surface area contributed by atoms with Crippen LogP contribution < -0.4 is 10.6 Å². The molecule has 0 aliphatic carbocycles. The number of carbonyl (C=O) groups excluding carboxylic acids is 2. The average Bonchev–Trinajstić information content (AvgIpc) is 2.29. The van der Waals surface area contributed by atoms with Crippen LogP contribution >= 0.6 is 0 Å². The van der Waals surface area contributed by atoms with Gasteiger partial charge in [-0.2, -0.15) is 0 Å². The molecule has 1 saturated heterocycles. The van der Waals surface area contributed by atoms with Gasteiger partial charge < -0.3 is 15.7 Å². The van der Waals surface area contributed by atoms with Crippen molar-refractivity contribution in [3.05, 3.63) is 12.7 Å². The van der Waals surface area contributed by atoms with Gasteiger partial charge in [-0.3, -0.25) is 9.59 Å². The highest BCUT2D eigenvalue weighted by Gasteiger charge is 2.27. The third-order valence-electron chi connectivity index (χ3n) is 2.65. The highest BCUT2D eigenvalue weighted by molar-refractivity contribution is 5.87. The third-order valence-corrected chi connectivity index (χ3v) is 2.65. The van der Waals surface area contributed by atoms with Crippen LogP contribution in [0.1, 0.15) is 19.3 Å². The van der Waals surface area contributed by atoms with Crippen molar-refractivity contribution < 1.29 is 19.5 Å². The molecule has 0 aromatic rings. The van der Waals surface area contributed by atoms with Gasteiger partial charge in [0.1, 0.15) is 6.04 Å². The molecule has 1 heterocycles. The molecule has 1 aliphatic heterocycles. The zero-order valence-corrected chi connectivity index (χ0v) is 9.44. The fourth-order valence-electron chi connectivity index (χ4n) is 1.63. The molecule has 6 heteroatoms. The molecule has 1 rings (SSSR count). The minimum absolute atomic E-state index is 0.0741. The van der Waals surface area contributed by atoms with E-state index >= 15 is 0 Å². The first-order chi connectivity index (χ1) is 8.04. The number of hydrogen-bond acceptors (Lipinski definition) is 3. The molecule has 17 heavy (non-hydrogen) atoms. The van der Waals surface area contributed by atoms with Crippen molar-refractivity contribution in [2.45, 2.75) is 25.3 Å². The summed E-state index contributed by atoms with van der Waals surface area (Å²) >= 11 is 0. The lowest BCUT2D eigenvalue weighted by Crippen LogP contribution is -2.48. The summed E-state index contributed by atoms with van der Waals surface area (Å²) in [7, 11) is 0. The van der Waals surface area contributed by atoms with Crippen LogP contribution in [0.15, 0.2) is 12.7 Å². The normalized spacial score (nSPS) is 21.2. The molecule has 0 spiro atoms. The lowest BCUT2D eigenvalue weighted by molar-refractivity contribution is -0.142. The molecule has 2 atom stereocenters. The summed E-state index contributed by atoms with van der Waals surface area (Å²) in [5, 5.41) is 13.9. The third kappa shape index (κ3) is 3.90. The zero-order chi connectivity index (χ0) is 12.8. The van der Waals surface area contributed by atoms with Gasteiger partial charge in [0, 0.05) is 13.0 Å². The largest absolute Gasteiger partial charge is 0.480 e. The van der Waals surface area contributed by atoms with E-state index in [0.29, 0.717) is 12.8 Å². The molecule has 0 radical (unpaired) electrons. The quantitative estimate of drug-likeness (QED) is 0.573. The van der Waals surface area contributed by atoms with Gasteiger partial charge in [0.2, 0.25) is 11.8 Å². The van der Waals surface area contributed by atoms with Crippen molar-refractivity contribution in [1.29, 1.82) is 0 Å². The number of piperidine rings is 1. The Morgan fingerprint density at radius 2 is 2.35 bits per heavy atom. The first-order valence-corrected chi connectivity index (χ1v) is 5.45. The number of nitrogens with one attached hydrogen (secondary N) is 2. The second-order valence-corrected chi connectivity index (χ2v) is 3.96. The number of carboxylic acid groups (broad SMARTS) is 1. The van der Waals surface area contributed by atoms with Gasteiger partial charge in [-0.25, -0.2) is 4.79 Å². The van der Waals surface area contributed by atoms with Crippen molar-refractivity contribution in [1.82, 2.24) is 10.6 Å². The maximum Gasteiger partial charge on any atom is 0.326 e. The van der Waals surface area contributed by atoms with Crippen molar-refractivity contribution in [3.63, 3.8) is 0 Å². The second-order valence-electron chi connectivity index (χ2n) is 3.96. The van der Waals surface area contributed by atoms with Crippen molar-refractivity contribution >= 4 is 17.8 Å². The molecule has 0 aromatic heterocycles. The van der Waals surface area contributed by atoms with Gasteiger partial charge in [0.15, 0.2) is 0 Å². The smallest absolute Gasteiger partial charge is 0.326 e. The Balaban J connectivity index is 2.49. The highest BCUT2D eigenvalue weighted by Crippen LogP contribution is 2.11. The summed E-state index contributed by atoms with van der Waals surface area (Å²) in [5.74, 6) is -1.84. The Labute approximate surface area is 99.1 Å². The van der Waals surface area contributed by atoms with E-state index in [1.807, 2.05) is 0 Å². The molecule has 0 bridgehead atoms. The minimum Gasteiger partial charge on any atom is -0.480 e. The van der Waals surface area contributed by atoms with Crippen LogP contribution in [0.25, 0.3) is 0 Å². The number of amides is 2. The predicted octanol–water partition coefficient (Wildman–Crippen LogP) is -0.342. The van der Waals surface area contributed by atoms with Crippen LogP contribution in [0, 0.1) is 5.92 Å². The van der Waals surface area contributed by atoms with Gasteiger partial charge in [-0.15, -0.1) is 6.58 Å². The van der Waals surface area contributed by atoms with Crippen LogP contribution in [0.4, 0.5) is 0 Å². The first kappa shape index (κ1) is 13.2. The van der Waals surface area contributed by atoms with Crippen molar-refractivity contribution in [2.75, 3.05) is 6.54 Å². The van der Waals surface area contributed by atoms with Crippen LogP contribution in [0.2, 0.25) is 0 Å². The fourth-order valence-corrected chi connectivity index (χ4v) is 1.63. The maximum absolute atomic E-state index is 11.7. The van der Waals surface area contributed by atoms with E-state index in [-0.39, 0.29) is 30.7 Å². The van der Waals surface area contributed by atoms with Crippen molar-refractivity contribution in [3.8, 4) is 0 Å². The summed E-state index contributed by atoms with van der Waals surface area (Å²) in [4.78, 5) is 33.5. The van der Waals surface area contributed by atoms with E-state index in [2.05, 4.69) is 17.2 Å². The van der Waals surface area contributed by atoms with Crippen LogP contribution in [-0.2, 0) is 14.4 Å². The molecular weight excluding hydrogens is 224 g/mol. The van der Waals surface area contributed by atoms with Crippen LogP contribution in [-0.4, -0.2) is 35.5 Å². The molecule has 3 N–H and O–H groups in total. The van der Waals surface area contributed by atoms with E-state index < -0.39 is 12.0 Å². The van der Waals surface area contributed by atoms with E-state index in [9.17, 15) is 14.4 Å². The van der Waals surface area contributed by atoms with E-state index in [0.717, 1.165) is 0 Å². The SMILES string of the molecule is C=CCC(NC(=O)C1CCC(=O)NC1)C(=O)O.